The van der Waals surface area contributed by atoms with Crippen molar-refractivity contribution in [2.24, 2.45) is 0 Å². The van der Waals surface area contributed by atoms with Gasteiger partial charge >= 0.3 is 0 Å². The normalized spacial score (nSPS) is 10.9. The number of rotatable bonds is 2. The van der Waals surface area contributed by atoms with E-state index in [1.54, 1.807) is 12.5 Å². The third-order valence-corrected chi connectivity index (χ3v) is 3.61. The van der Waals surface area contributed by atoms with Crippen molar-refractivity contribution in [3.8, 4) is 16.9 Å². The van der Waals surface area contributed by atoms with E-state index in [1.807, 2.05) is 41.2 Å². The fourth-order valence-electron chi connectivity index (χ4n) is 2.62. The van der Waals surface area contributed by atoms with Crippen molar-refractivity contribution in [3.05, 3.63) is 79.5 Å². The topological polar surface area (TPSA) is 30.7 Å². The highest BCUT2D eigenvalue weighted by Crippen LogP contribution is 2.30. The number of hydrogen-bond donors (Lipinski definition) is 0. The molecule has 0 radical (unpaired) electrons. The van der Waals surface area contributed by atoms with E-state index in [0.717, 1.165) is 16.8 Å². The summed E-state index contributed by atoms with van der Waals surface area (Å²) in [6.07, 6.45) is 7.39. The molecule has 0 amide bonds. The fourth-order valence-corrected chi connectivity index (χ4v) is 2.62. The SMILES string of the molecule is c1ccc(-c2cnc(-n3ccnc3)c3ccccc23)cc1. The van der Waals surface area contributed by atoms with Crippen LogP contribution in [0.15, 0.2) is 79.5 Å². The Hall–Kier alpha value is -2.94. The lowest BCUT2D eigenvalue weighted by Crippen LogP contribution is -1.97. The number of hydrogen-bond acceptors (Lipinski definition) is 2. The monoisotopic (exact) mass is 271 g/mol. The van der Waals surface area contributed by atoms with Crippen LogP contribution in [0.3, 0.4) is 0 Å². The van der Waals surface area contributed by atoms with Gasteiger partial charge in [-0.3, -0.25) is 4.57 Å². The molecule has 0 spiro atoms. The van der Waals surface area contributed by atoms with E-state index in [4.69, 9.17) is 0 Å². The standard InChI is InChI=1S/C18H13N3/c1-2-6-14(7-3-1)17-12-20-18(21-11-10-19-13-21)16-9-5-4-8-15(16)17/h1-13H. The van der Waals surface area contributed by atoms with Crippen molar-refractivity contribution in [2.45, 2.75) is 0 Å². The van der Waals surface area contributed by atoms with Gasteiger partial charge in [0.15, 0.2) is 0 Å². The summed E-state index contributed by atoms with van der Waals surface area (Å²) in [6.45, 7) is 0. The van der Waals surface area contributed by atoms with Crippen LogP contribution < -0.4 is 0 Å². The highest BCUT2D eigenvalue weighted by atomic mass is 15.1. The minimum Gasteiger partial charge on any atom is -0.290 e. The van der Waals surface area contributed by atoms with Gasteiger partial charge in [0, 0.05) is 29.5 Å². The molecule has 3 heteroatoms. The van der Waals surface area contributed by atoms with Crippen molar-refractivity contribution in [1.82, 2.24) is 14.5 Å². The quantitative estimate of drug-likeness (QED) is 0.550. The summed E-state index contributed by atoms with van der Waals surface area (Å²) in [5.74, 6) is 0.905. The molecule has 21 heavy (non-hydrogen) atoms. The van der Waals surface area contributed by atoms with Crippen molar-refractivity contribution in [1.29, 1.82) is 0 Å². The maximum absolute atomic E-state index is 4.65. The van der Waals surface area contributed by atoms with Gasteiger partial charge in [0.25, 0.3) is 0 Å². The van der Waals surface area contributed by atoms with Crippen LogP contribution in [-0.2, 0) is 0 Å². The zero-order valence-corrected chi connectivity index (χ0v) is 11.3. The smallest absolute Gasteiger partial charge is 0.145 e. The van der Waals surface area contributed by atoms with Crippen LogP contribution in [0, 0.1) is 0 Å². The molecule has 4 aromatic rings. The molecule has 2 aromatic carbocycles. The Bertz CT molecular complexity index is 881. The van der Waals surface area contributed by atoms with E-state index in [0.29, 0.717) is 0 Å². The first-order valence-corrected chi connectivity index (χ1v) is 6.85. The van der Waals surface area contributed by atoms with Gasteiger partial charge in [-0.15, -0.1) is 0 Å². The summed E-state index contributed by atoms with van der Waals surface area (Å²) in [6, 6.07) is 18.7. The number of aromatic nitrogens is 3. The van der Waals surface area contributed by atoms with Crippen molar-refractivity contribution in [2.75, 3.05) is 0 Å². The zero-order valence-electron chi connectivity index (χ0n) is 11.3. The summed E-state index contributed by atoms with van der Waals surface area (Å²) < 4.78 is 1.94. The number of pyridine rings is 1. The molecule has 0 unspecified atom stereocenters. The van der Waals surface area contributed by atoms with E-state index in [1.165, 1.54) is 10.9 Å². The summed E-state index contributed by atoms with van der Waals surface area (Å²) in [7, 11) is 0. The van der Waals surface area contributed by atoms with Crippen LogP contribution in [0.1, 0.15) is 0 Å². The minimum atomic E-state index is 0.905. The number of imidazole rings is 1. The first-order chi connectivity index (χ1) is 10.4. The Morgan fingerprint density at radius 1 is 0.810 bits per heavy atom. The Morgan fingerprint density at radius 2 is 1.57 bits per heavy atom. The molecule has 2 heterocycles. The molecule has 0 N–H and O–H groups in total. The van der Waals surface area contributed by atoms with Crippen LogP contribution in [0.2, 0.25) is 0 Å². The maximum atomic E-state index is 4.65. The molecule has 0 aliphatic rings. The minimum absolute atomic E-state index is 0.905. The number of nitrogens with zero attached hydrogens (tertiary/aromatic N) is 3. The van der Waals surface area contributed by atoms with Crippen LogP contribution >= 0.6 is 0 Å². The molecule has 0 aliphatic heterocycles. The predicted molar refractivity (Wildman–Crippen MR) is 84.3 cm³/mol. The third kappa shape index (κ3) is 1.99. The maximum Gasteiger partial charge on any atom is 0.145 e. The van der Waals surface area contributed by atoms with Crippen LogP contribution in [-0.4, -0.2) is 14.5 Å². The van der Waals surface area contributed by atoms with Gasteiger partial charge < -0.3 is 0 Å². The van der Waals surface area contributed by atoms with Crippen molar-refractivity contribution in [3.63, 3.8) is 0 Å². The van der Waals surface area contributed by atoms with Gasteiger partial charge in [0.2, 0.25) is 0 Å². The van der Waals surface area contributed by atoms with E-state index in [2.05, 4.69) is 40.3 Å². The van der Waals surface area contributed by atoms with E-state index < -0.39 is 0 Å². The van der Waals surface area contributed by atoms with Crippen LogP contribution in [0.25, 0.3) is 27.7 Å². The van der Waals surface area contributed by atoms with Crippen molar-refractivity contribution >= 4 is 10.8 Å². The molecule has 0 aliphatic carbocycles. The number of fused-ring (bicyclic) bond motifs is 1. The zero-order chi connectivity index (χ0) is 14.1. The summed E-state index contributed by atoms with van der Waals surface area (Å²) >= 11 is 0. The Labute approximate surface area is 122 Å². The molecule has 0 fully saturated rings. The molecule has 3 nitrogen and oxygen atoms in total. The first kappa shape index (κ1) is 11.9. The molecule has 100 valence electrons. The van der Waals surface area contributed by atoms with E-state index >= 15 is 0 Å². The molecule has 0 saturated carbocycles. The summed E-state index contributed by atoms with van der Waals surface area (Å²) in [4.78, 5) is 8.76. The van der Waals surface area contributed by atoms with Crippen molar-refractivity contribution < 1.29 is 0 Å². The average molecular weight is 271 g/mol. The largest absolute Gasteiger partial charge is 0.290 e. The highest BCUT2D eigenvalue weighted by Gasteiger charge is 2.09. The van der Waals surface area contributed by atoms with Crippen LogP contribution in [0.5, 0.6) is 0 Å². The van der Waals surface area contributed by atoms with E-state index in [-0.39, 0.29) is 0 Å². The first-order valence-electron chi connectivity index (χ1n) is 6.85. The predicted octanol–water partition coefficient (Wildman–Crippen LogP) is 4.09. The molecule has 0 saturated heterocycles. The molecular weight excluding hydrogens is 258 g/mol. The van der Waals surface area contributed by atoms with Gasteiger partial charge in [-0.1, -0.05) is 54.6 Å². The third-order valence-electron chi connectivity index (χ3n) is 3.61. The fraction of sp³-hybridized carbons (Fsp3) is 0. The summed E-state index contributed by atoms with van der Waals surface area (Å²) in [5, 5.41) is 2.32. The van der Waals surface area contributed by atoms with E-state index in [9.17, 15) is 0 Å². The second-order valence-corrected chi connectivity index (χ2v) is 4.88. The number of benzene rings is 2. The lowest BCUT2D eigenvalue weighted by atomic mass is 10.0. The Morgan fingerprint density at radius 3 is 2.33 bits per heavy atom. The molecule has 4 rings (SSSR count). The van der Waals surface area contributed by atoms with Crippen LogP contribution in [0.4, 0.5) is 0 Å². The Balaban J connectivity index is 2.02. The molecular formula is C18H13N3. The lowest BCUT2D eigenvalue weighted by molar-refractivity contribution is 1.01. The van der Waals surface area contributed by atoms with Gasteiger partial charge in [0.05, 0.1) is 0 Å². The second-order valence-electron chi connectivity index (χ2n) is 4.88. The molecule has 0 atom stereocenters. The van der Waals surface area contributed by atoms with Gasteiger partial charge in [-0.2, -0.15) is 0 Å². The average Bonchev–Trinajstić information content (AvgIpc) is 3.09. The molecule has 2 aromatic heterocycles. The molecule has 0 bridgehead atoms. The Kier molecular flexibility index (Phi) is 2.75. The van der Waals surface area contributed by atoms with Gasteiger partial charge in [-0.05, 0) is 10.9 Å². The lowest BCUT2D eigenvalue weighted by Gasteiger charge is -2.11. The second kappa shape index (κ2) is 4.87. The van der Waals surface area contributed by atoms with Gasteiger partial charge in [0.1, 0.15) is 12.1 Å². The van der Waals surface area contributed by atoms with Gasteiger partial charge in [-0.25, -0.2) is 9.97 Å². The summed E-state index contributed by atoms with van der Waals surface area (Å²) in [5.41, 5.74) is 2.33. The highest BCUT2D eigenvalue weighted by molar-refractivity contribution is 5.99.